The van der Waals surface area contributed by atoms with E-state index in [1.165, 1.54) is 31.1 Å². The molecule has 3 aliphatic rings. The molecule has 1 aromatic rings. The zero-order chi connectivity index (χ0) is 16.5. The Morgan fingerprint density at radius 1 is 1.25 bits per heavy atom. The zero-order valence-corrected chi connectivity index (χ0v) is 14.6. The van der Waals surface area contributed by atoms with E-state index in [0.29, 0.717) is 10.9 Å². The lowest BCUT2D eigenvalue weighted by Gasteiger charge is -2.38. The average Bonchev–Trinajstić information content (AvgIpc) is 3.22. The molecule has 0 radical (unpaired) electrons. The van der Waals surface area contributed by atoms with Crippen molar-refractivity contribution in [2.45, 2.75) is 18.9 Å². The van der Waals surface area contributed by atoms with Crippen molar-refractivity contribution in [1.29, 1.82) is 0 Å². The van der Waals surface area contributed by atoms with Gasteiger partial charge < -0.3 is 9.64 Å². The fourth-order valence-corrected chi connectivity index (χ4v) is 4.50. The highest BCUT2D eigenvalue weighted by atomic mass is 32.2. The highest BCUT2D eigenvalue weighted by molar-refractivity contribution is 8.18. The number of carbonyl (C=O) groups excluding carboxylic acids is 1. The zero-order valence-electron chi connectivity index (χ0n) is 13.8. The summed E-state index contributed by atoms with van der Waals surface area (Å²) in [6.45, 7) is 4.26. The lowest BCUT2D eigenvalue weighted by Crippen LogP contribution is -2.51. The van der Waals surface area contributed by atoms with Gasteiger partial charge in [-0.15, -0.1) is 0 Å². The van der Waals surface area contributed by atoms with Crippen LogP contribution in [0.25, 0.3) is 6.08 Å². The predicted molar refractivity (Wildman–Crippen MR) is 97.2 cm³/mol. The quantitative estimate of drug-likeness (QED) is 0.772. The minimum absolute atomic E-state index is 0.125. The minimum Gasteiger partial charge on any atom is -0.497 e. The van der Waals surface area contributed by atoms with Crippen molar-refractivity contribution in [3.8, 4) is 5.75 Å². The van der Waals surface area contributed by atoms with Gasteiger partial charge in [-0.2, -0.15) is 4.99 Å². The first-order valence-electron chi connectivity index (χ1n) is 8.38. The van der Waals surface area contributed by atoms with Gasteiger partial charge in [-0.3, -0.25) is 9.69 Å². The van der Waals surface area contributed by atoms with E-state index in [-0.39, 0.29) is 5.91 Å². The van der Waals surface area contributed by atoms with E-state index in [9.17, 15) is 4.79 Å². The first kappa shape index (κ1) is 15.7. The number of methoxy groups -OCH3 is 1. The van der Waals surface area contributed by atoms with Gasteiger partial charge in [-0.1, -0.05) is 12.1 Å². The van der Waals surface area contributed by atoms with E-state index in [1.54, 1.807) is 7.11 Å². The highest BCUT2D eigenvalue weighted by Crippen LogP contribution is 2.32. The normalized spacial score (nSPS) is 26.0. The SMILES string of the molecule is COc1ccc(/C=C2/SC(N3CCN4CCCC4C3)=NC2=O)cc1. The summed E-state index contributed by atoms with van der Waals surface area (Å²) in [5.74, 6) is 0.689. The molecule has 126 valence electrons. The van der Waals surface area contributed by atoms with E-state index >= 15 is 0 Å². The van der Waals surface area contributed by atoms with Crippen molar-refractivity contribution in [1.82, 2.24) is 9.80 Å². The third kappa shape index (κ3) is 3.08. The van der Waals surface area contributed by atoms with E-state index in [0.717, 1.165) is 36.1 Å². The number of hydrogen-bond donors (Lipinski definition) is 0. The molecule has 3 heterocycles. The van der Waals surface area contributed by atoms with Crippen LogP contribution in [-0.4, -0.2) is 60.2 Å². The van der Waals surface area contributed by atoms with Gasteiger partial charge in [-0.05, 0) is 54.9 Å². The number of nitrogens with zero attached hydrogens (tertiary/aromatic N) is 3. The lowest BCUT2D eigenvalue weighted by molar-refractivity contribution is -0.113. The summed E-state index contributed by atoms with van der Waals surface area (Å²) < 4.78 is 5.16. The molecule has 2 fully saturated rings. The van der Waals surface area contributed by atoms with E-state index < -0.39 is 0 Å². The molecule has 1 atom stereocenters. The fraction of sp³-hybridized carbons (Fsp3) is 0.444. The summed E-state index contributed by atoms with van der Waals surface area (Å²) in [4.78, 5) is 22.1. The number of hydrogen-bond acceptors (Lipinski definition) is 5. The van der Waals surface area contributed by atoms with Gasteiger partial charge in [0.25, 0.3) is 5.91 Å². The molecule has 24 heavy (non-hydrogen) atoms. The fourth-order valence-electron chi connectivity index (χ4n) is 3.55. The van der Waals surface area contributed by atoms with Gasteiger partial charge in [0.1, 0.15) is 5.75 Å². The summed E-state index contributed by atoms with van der Waals surface area (Å²) in [5, 5.41) is 0.867. The molecule has 1 unspecified atom stereocenters. The molecule has 3 aliphatic heterocycles. The van der Waals surface area contributed by atoms with Crippen LogP contribution in [0, 0.1) is 0 Å². The summed E-state index contributed by atoms with van der Waals surface area (Å²) in [6.07, 6.45) is 4.46. The molecule has 0 N–H and O–H groups in total. The Hall–Kier alpha value is -1.79. The van der Waals surface area contributed by atoms with Crippen molar-refractivity contribution >= 4 is 28.9 Å². The first-order chi connectivity index (χ1) is 11.7. The Balaban J connectivity index is 1.45. The van der Waals surface area contributed by atoms with Gasteiger partial charge in [-0.25, -0.2) is 0 Å². The molecule has 0 spiro atoms. The Morgan fingerprint density at radius 2 is 2.08 bits per heavy atom. The third-order valence-corrected chi connectivity index (χ3v) is 5.93. The molecule has 2 saturated heterocycles. The maximum atomic E-state index is 12.2. The van der Waals surface area contributed by atoms with Gasteiger partial charge >= 0.3 is 0 Å². The number of rotatable bonds is 2. The van der Waals surface area contributed by atoms with Crippen LogP contribution in [0.4, 0.5) is 0 Å². The summed E-state index contributed by atoms with van der Waals surface area (Å²) >= 11 is 1.50. The lowest BCUT2D eigenvalue weighted by atomic mass is 10.2. The summed E-state index contributed by atoms with van der Waals surface area (Å²) in [5.41, 5.74) is 0.990. The molecular formula is C18H21N3O2S. The maximum Gasteiger partial charge on any atom is 0.286 e. The number of amides is 1. The Bertz CT molecular complexity index is 699. The molecule has 1 aromatic carbocycles. The van der Waals surface area contributed by atoms with Gasteiger partial charge in [0, 0.05) is 25.7 Å². The number of carbonyl (C=O) groups is 1. The molecule has 4 rings (SSSR count). The van der Waals surface area contributed by atoms with Crippen molar-refractivity contribution in [3.05, 3.63) is 34.7 Å². The third-order valence-electron chi connectivity index (χ3n) is 4.88. The van der Waals surface area contributed by atoms with Crippen molar-refractivity contribution in [3.63, 3.8) is 0 Å². The van der Waals surface area contributed by atoms with E-state index in [4.69, 9.17) is 4.74 Å². The Morgan fingerprint density at radius 3 is 2.88 bits per heavy atom. The van der Waals surface area contributed by atoms with Crippen molar-refractivity contribution < 1.29 is 9.53 Å². The number of piperazine rings is 1. The second kappa shape index (κ2) is 6.61. The van der Waals surface area contributed by atoms with Gasteiger partial charge in [0.15, 0.2) is 5.17 Å². The number of aliphatic imine (C=N–C) groups is 1. The topological polar surface area (TPSA) is 45.1 Å². The number of thioether (sulfide) groups is 1. The van der Waals surface area contributed by atoms with Crippen LogP contribution in [-0.2, 0) is 4.79 Å². The number of benzene rings is 1. The number of fused-ring (bicyclic) bond motifs is 1. The van der Waals surface area contributed by atoms with Gasteiger partial charge in [0.05, 0.1) is 12.0 Å². The monoisotopic (exact) mass is 343 g/mol. The number of ether oxygens (including phenoxy) is 1. The van der Waals surface area contributed by atoms with E-state index in [2.05, 4.69) is 14.8 Å². The molecule has 6 heteroatoms. The molecule has 0 saturated carbocycles. The maximum absolute atomic E-state index is 12.2. The average molecular weight is 343 g/mol. The van der Waals surface area contributed by atoms with Crippen LogP contribution >= 0.6 is 11.8 Å². The van der Waals surface area contributed by atoms with Crippen molar-refractivity contribution in [2.24, 2.45) is 4.99 Å². The molecular weight excluding hydrogens is 322 g/mol. The second-order valence-corrected chi connectivity index (χ2v) is 7.37. The van der Waals surface area contributed by atoms with Crippen LogP contribution in [0.1, 0.15) is 18.4 Å². The van der Waals surface area contributed by atoms with Crippen LogP contribution < -0.4 is 4.74 Å². The van der Waals surface area contributed by atoms with Crippen molar-refractivity contribution in [2.75, 3.05) is 33.3 Å². The minimum atomic E-state index is -0.125. The second-order valence-electron chi connectivity index (χ2n) is 6.36. The summed E-state index contributed by atoms with van der Waals surface area (Å²) in [6, 6.07) is 8.34. The molecule has 0 aliphatic carbocycles. The van der Waals surface area contributed by atoms with Crippen LogP contribution in [0.3, 0.4) is 0 Å². The van der Waals surface area contributed by atoms with Crippen LogP contribution in [0.2, 0.25) is 0 Å². The van der Waals surface area contributed by atoms with Gasteiger partial charge in [0.2, 0.25) is 0 Å². The van der Waals surface area contributed by atoms with E-state index in [1.807, 2.05) is 30.3 Å². The molecule has 0 aromatic heterocycles. The standard InChI is InChI=1S/C18H21N3O2S/c1-23-15-6-4-13(5-7-15)11-16-17(22)19-18(24-16)21-10-9-20-8-2-3-14(20)12-21/h4-7,11,14H,2-3,8-10,12H2,1H3/b16-11+. The van der Waals surface area contributed by atoms with Crippen LogP contribution in [0.5, 0.6) is 5.75 Å². The molecule has 1 amide bonds. The largest absolute Gasteiger partial charge is 0.497 e. The Labute approximate surface area is 146 Å². The number of amidine groups is 1. The first-order valence-corrected chi connectivity index (χ1v) is 9.20. The highest BCUT2D eigenvalue weighted by Gasteiger charge is 2.34. The molecule has 5 nitrogen and oxygen atoms in total. The summed E-state index contributed by atoms with van der Waals surface area (Å²) in [7, 11) is 1.65. The Kier molecular flexibility index (Phi) is 4.33. The molecule has 0 bridgehead atoms. The van der Waals surface area contributed by atoms with Crippen LogP contribution in [0.15, 0.2) is 34.2 Å². The predicted octanol–water partition coefficient (Wildman–Crippen LogP) is 2.45. The smallest absolute Gasteiger partial charge is 0.286 e.